The third kappa shape index (κ3) is 5.17. The van der Waals surface area contributed by atoms with Crippen LogP contribution in [0.2, 0.25) is 0 Å². The van der Waals surface area contributed by atoms with Crippen molar-refractivity contribution >= 4 is 23.5 Å². The molecule has 4 rings (SSSR count). The number of hydrogen-bond donors (Lipinski definition) is 2. The first kappa shape index (κ1) is 24.4. The summed E-state index contributed by atoms with van der Waals surface area (Å²) in [5, 5.41) is 13.8. The van der Waals surface area contributed by atoms with E-state index in [4.69, 9.17) is 9.26 Å². The number of aryl methyl sites for hydroxylation is 3. The van der Waals surface area contributed by atoms with Crippen molar-refractivity contribution in [2.75, 3.05) is 12.4 Å². The summed E-state index contributed by atoms with van der Waals surface area (Å²) in [6.45, 7) is 3.53. The number of benzene rings is 2. The van der Waals surface area contributed by atoms with Crippen LogP contribution in [0, 0.1) is 13.8 Å². The van der Waals surface area contributed by atoms with E-state index in [2.05, 4.69) is 20.9 Å². The zero-order valence-electron chi connectivity index (χ0n) is 20.3. The first-order chi connectivity index (χ1) is 17.3. The van der Waals surface area contributed by atoms with E-state index in [0.29, 0.717) is 39.7 Å². The number of nitrogens with one attached hydrogen (secondary N) is 2. The van der Waals surface area contributed by atoms with Gasteiger partial charge < -0.3 is 19.9 Å². The molecule has 2 N–H and O–H groups in total. The van der Waals surface area contributed by atoms with Crippen LogP contribution < -0.4 is 10.6 Å². The lowest BCUT2D eigenvalue weighted by molar-refractivity contribution is 0.0600. The van der Waals surface area contributed by atoms with Gasteiger partial charge in [0, 0.05) is 24.8 Å². The summed E-state index contributed by atoms with van der Waals surface area (Å²) >= 11 is 0. The van der Waals surface area contributed by atoms with E-state index in [1.54, 1.807) is 39.1 Å². The number of hydrogen-bond acceptors (Lipinski definition) is 7. The van der Waals surface area contributed by atoms with Crippen molar-refractivity contribution in [1.29, 1.82) is 0 Å². The number of aromatic nitrogens is 3. The molecule has 2 heterocycles. The standard InChI is InChI=1S/C26H25N5O5/c1-15-10-21(31(3)29-15)24(32)28-20-12-17(11-19(13-20)26(34)35-4)14-27-25(33)22-16(2)36-30-23(22)18-8-6-5-7-9-18/h5-13H,14H2,1-4H3,(H,27,33)(H,28,32). The Kier molecular flexibility index (Phi) is 6.95. The molecule has 0 saturated carbocycles. The molecule has 0 fully saturated rings. The zero-order chi connectivity index (χ0) is 25.8. The average molecular weight is 488 g/mol. The molecule has 2 amide bonds. The van der Waals surface area contributed by atoms with Crippen LogP contribution in [0.15, 0.2) is 59.1 Å². The molecule has 0 aliphatic carbocycles. The van der Waals surface area contributed by atoms with E-state index in [0.717, 1.165) is 5.56 Å². The van der Waals surface area contributed by atoms with E-state index in [9.17, 15) is 14.4 Å². The summed E-state index contributed by atoms with van der Waals surface area (Å²) in [5.41, 5.74) is 3.76. The molecule has 10 heteroatoms. The molecule has 184 valence electrons. The first-order valence-corrected chi connectivity index (χ1v) is 11.1. The monoisotopic (exact) mass is 487 g/mol. The molecule has 0 bridgehead atoms. The second-order valence-corrected chi connectivity index (χ2v) is 8.17. The van der Waals surface area contributed by atoms with Crippen molar-refractivity contribution in [1.82, 2.24) is 20.3 Å². The SMILES string of the molecule is COC(=O)c1cc(CNC(=O)c2c(-c3ccccc3)noc2C)cc(NC(=O)c2cc(C)nn2C)c1. The minimum Gasteiger partial charge on any atom is -0.465 e. The fourth-order valence-electron chi connectivity index (χ4n) is 3.82. The summed E-state index contributed by atoms with van der Waals surface area (Å²) in [5.74, 6) is -0.958. The van der Waals surface area contributed by atoms with Gasteiger partial charge in [-0.2, -0.15) is 5.10 Å². The van der Waals surface area contributed by atoms with Crippen LogP contribution in [-0.2, 0) is 18.3 Å². The van der Waals surface area contributed by atoms with E-state index in [1.165, 1.54) is 17.9 Å². The summed E-state index contributed by atoms with van der Waals surface area (Å²) in [7, 11) is 2.94. The van der Waals surface area contributed by atoms with Crippen LogP contribution in [0.3, 0.4) is 0 Å². The van der Waals surface area contributed by atoms with Gasteiger partial charge in [0.15, 0.2) is 0 Å². The smallest absolute Gasteiger partial charge is 0.337 e. The summed E-state index contributed by atoms with van der Waals surface area (Å²) < 4.78 is 11.6. The average Bonchev–Trinajstić information content (AvgIpc) is 3.43. The van der Waals surface area contributed by atoms with Gasteiger partial charge in [-0.3, -0.25) is 14.3 Å². The molecule has 0 saturated heterocycles. The van der Waals surface area contributed by atoms with Gasteiger partial charge >= 0.3 is 5.97 Å². The van der Waals surface area contributed by atoms with Crippen molar-refractivity contribution in [2.24, 2.45) is 7.05 Å². The first-order valence-electron chi connectivity index (χ1n) is 11.1. The molecule has 10 nitrogen and oxygen atoms in total. The maximum absolute atomic E-state index is 13.1. The van der Waals surface area contributed by atoms with Crippen molar-refractivity contribution in [3.63, 3.8) is 0 Å². The van der Waals surface area contributed by atoms with Crippen molar-refractivity contribution in [2.45, 2.75) is 20.4 Å². The van der Waals surface area contributed by atoms with Gasteiger partial charge in [0.25, 0.3) is 11.8 Å². The number of anilines is 1. The number of ether oxygens (including phenoxy) is 1. The van der Waals surface area contributed by atoms with E-state index < -0.39 is 5.97 Å². The Balaban J connectivity index is 1.57. The lowest BCUT2D eigenvalue weighted by Crippen LogP contribution is -2.24. The van der Waals surface area contributed by atoms with Gasteiger partial charge in [-0.25, -0.2) is 4.79 Å². The van der Waals surface area contributed by atoms with E-state index in [-0.39, 0.29) is 23.9 Å². The quantitative estimate of drug-likeness (QED) is 0.381. The van der Waals surface area contributed by atoms with Gasteiger partial charge in [-0.15, -0.1) is 0 Å². The molecule has 0 spiro atoms. The number of carbonyl (C=O) groups excluding carboxylic acids is 3. The molecular formula is C26H25N5O5. The lowest BCUT2D eigenvalue weighted by atomic mass is 10.1. The van der Waals surface area contributed by atoms with Crippen molar-refractivity contribution in [3.8, 4) is 11.3 Å². The van der Waals surface area contributed by atoms with Gasteiger partial charge in [-0.05, 0) is 43.7 Å². The number of rotatable bonds is 7. The van der Waals surface area contributed by atoms with Crippen molar-refractivity contribution in [3.05, 3.63) is 88.4 Å². The molecule has 0 unspecified atom stereocenters. The Labute approximate surface area is 207 Å². The second kappa shape index (κ2) is 10.3. The Morgan fingerprint density at radius 1 is 1.03 bits per heavy atom. The topological polar surface area (TPSA) is 128 Å². The highest BCUT2D eigenvalue weighted by molar-refractivity contribution is 6.04. The summed E-state index contributed by atoms with van der Waals surface area (Å²) in [4.78, 5) is 38.1. The fourth-order valence-corrected chi connectivity index (χ4v) is 3.82. The Bertz CT molecular complexity index is 1440. The maximum Gasteiger partial charge on any atom is 0.337 e. The lowest BCUT2D eigenvalue weighted by Gasteiger charge is -2.12. The van der Waals surface area contributed by atoms with Gasteiger partial charge in [0.2, 0.25) is 0 Å². The van der Waals surface area contributed by atoms with Crippen LogP contribution >= 0.6 is 0 Å². The largest absolute Gasteiger partial charge is 0.465 e. The number of carbonyl (C=O) groups is 3. The summed E-state index contributed by atoms with van der Waals surface area (Å²) in [6, 6.07) is 15.7. The predicted molar refractivity (Wildman–Crippen MR) is 132 cm³/mol. The second-order valence-electron chi connectivity index (χ2n) is 8.17. The van der Waals surface area contributed by atoms with E-state index >= 15 is 0 Å². The highest BCUT2D eigenvalue weighted by atomic mass is 16.5. The van der Waals surface area contributed by atoms with E-state index in [1.807, 2.05) is 30.3 Å². The Hall–Kier alpha value is -4.73. The van der Waals surface area contributed by atoms with Gasteiger partial charge in [0.05, 0.1) is 18.4 Å². The third-order valence-corrected chi connectivity index (χ3v) is 5.50. The normalized spacial score (nSPS) is 10.7. The van der Waals surface area contributed by atoms with Crippen LogP contribution in [0.4, 0.5) is 5.69 Å². The number of methoxy groups -OCH3 is 1. The molecule has 36 heavy (non-hydrogen) atoms. The third-order valence-electron chi connectivity index (χ3n) is 5.50. The maximum atomic E-state index is 13.1. The minimum absolute atomic E-state index is 0.0796. The Morgan fingerprint density at radius 3 is 2.44 bits per heavy atom. The van der Waals surface area contributed by atoms with Crippen LogP contribution in [0.5, 0.6) is 0 Å². The van der Waals surface area contributed by atoms with Gasteiger partial charge in [-0.1, -0.05) is 35.5 Å². The van der Waals surface area contributed by atoms with Crippen LogP contribution in [0.1, 0.15) is 48.2 Å². The van der Waals surface area contributed by atoms with Crippen LogP contribution in [0.25, 0.3) is 11.3 Å². The Morgan fingerprint density at radius 2 is 1.78 bits per heavy atom. The van der Waals surface area contributed by atoms with Crippen molar-refractivity contribution < 1.29 is 23.6 Å². The molecular weight excluding hydrogens is 462 g/mol. The van der Waals surface area contributed by atoms with Gasteiger partial charge in [0.1, 0.15) is 22.7 Å². The highest BCUT2D eigenvalue weighted by Crippen LogP contribution is 2.25. The molecule has 4 aromatic rings. The number of esters is 1. The molecule has 0 radical (unpaired) electrons. The molecule has 2 aromatic heterocycles. The zero-order valence-corrected chi connectivity index (χ0v) is 20.3. The highest BCUT2D eigenvalue weighted by Gasteiger charge is 2.22. The van der Waals surface area contributed by atoms with Crippen LogP contribution in [-0.4, -0.2) is 39.8 Å². The molecule has 0 atom stereocenters. The number of amides is 2. The fraction of sp³-hybridized carbons (Fsp3) is 0.192. The summed E-state index contributed by atoms with van der Waals surface area (Å²) in [6.07, 6.45) is 0. The molecule has 0 aliphatic rings. The molecule has 2 aromatic carbocycles. The predicted octanol–water partition coefficient (Wildman–Crippen LogP) is 3.66. The number of nitrogens with zero attached hydrogens (tertiary/aromatic N) is 3. The molecule has 0 aliphatic heterocycles. The minimum atomic E-state index is -0.573.